The molecule has 0 heterocycles. The zero-order chi connectivity index (χ0) is 11.9. The van der Waals surface area contributed by atoms with Gasteiger partial charge in [0, 0.05) is 10.7 Å². The minimum atomic E-state index is -0.589. The van der Waals surface area contributed by atoms with Crippen molar-refractivity contribution in [2.45, 2.75) is 6.61 Å². The van der Waals surface area contributed by atoms with Gasteiger partial charge < -0.3 is 14.9 Å². The standard InChI is InChI=1S/C12H17BrO3/c13-7-12(8-14,9-15)10-16-6-11-4-2-1-3-5-11/h1-5,14-15H,6-10H2. The first kappa shape index (κ1) is 13.6. The van der Waals surface area contributed by atoms with E-state index in [0.29, 0.717) is 18.5 Å². The molecular weight excluding hydrogens is 272 g/mol. The second-order valence-electron chi connectivity index (χ2n) is 3.93. The molecule has 0 saturated carbocycles. The third kappa shape index (κ3) is 3.87. The number of halogens is 1. The molecule has 0 aliphatic carbocycles. The number of aliphatic hydroxyl groups is 2. The fourth-order valence-electron chi connectivity index (χ4n) is 1.22. The molecule has 0 aliphatic rings. The summed E-state index contributed by atoms with van der Waals surface area (Å²) in [5.41, 5.74) is 0.497. The van der Waals surface area contributed by atoms with Crippen LogP contribution in [0.3, 0.4) is 0 Å². The molecule has 0 aliphatic heterocycles. The van der Waals surface area contributed by atoms with E-state index in [4.69, 9.17) is 4.74 Å². The van der Waals surface area contributed by atoms with Gasteiger partial charge in [0.2, 0.25) is 0 Å². The van der Waals surface area contributed by atoms with Gasteiger partial charge in [0.05, 0.1) is 26.4 Å². The first-order valence-corrected chi connectivity index (χ1v) is 6.28. The molecule has 0 amide bonds. The van der Waals surface area contributed by atoms with Gasteiger partial charge in [-0.25, -0.2) is 0 Å². The van der Waals surface area contributed by atoms with E-state index in [-0.39, 0.29) is 13.2 Å². The van der Waals surface area contributed by atoms with Crippen molar-refractivity contribution in [3.63, 3.8) is 0 Å². The minimum Gasteiger partial charge on any atom is -0.396 e. The van der Waals surface area contributed by atoms with Crippen LogP contribution in [0, 0.1) is 5.41 Å². The number of ether oxygens (including phenoxy) is 1. The average Bonchev–Trinajstić information content (AvgIpc) is 2.37. The average molecular weight is 289 g/mol. The Balaban J connectivity index is 2.39. The quantitative estimate of drug-likeness (QED) is 0.749. The maximum absolute atomic E-state index is 9.20. The van der Waals surface area contributed by atoms with Gasteiger partial charge in [-0.15, -0.1) is 0 Å². The van der Waals surface area contributed by atoms with E-state index in [0.717, 1.165) is 5.56 Å². The lowest BCUT2D eigenvalue weighted by molar-refractivity contribution is -0.0183. The van der Waals surface area contributed by atoms with Gasteiger partial charge in [-0.05, 0) is 5.56 Å². The van der Waals surface area contributed by atoms with Crippen molar-refractivity contribution in [2.75, 3.05) is 25.2 Å². The summed E-state index contributed by atoms with van der Waals surface area (Å²) in [6.07, 6.45) is 0. The third-order valence-corrected chi connectivity index (χ3v) is 3.66. The molecule has 0 radical (unpaired) electrons. The highest BCUT2D eigenvalue weighted by Gasteiger charge is 2.27. The van der Waals surface area contributed by atoms with Crippen LogP contribution in [0.15, 0.2) is 30.3 Å². The maximum atomic E-state index is 9.20. The summed E-state index contributed by atoms with van der Waals surface area (Å²) in [5, 5.41) is 18.9. The Labute approximate surface area is 104 Å². The summed E-state index contributed by atoms with van der Waals surface area (Å²) in [5.74, 6) is 0. The lowest BCUT2D eigenvalue weighted by Gasteiger charge is -2.26. The Hall–Kier alpha value is -0.420. The number of hydrogen-bond acceptors (Lipinski definition) is 3. The highest BCUT2D eigenvalue weighted by Crippen LogP contribution is 2.19. The van der Waals surface area contributed by atoms with Gasteiger partial charge in [0.1, 0.15) is 0 Å². The van der Waals surface area contributed by atoms with Crippen LogP contribution in [0.2, 0.25) is 0 Å². The number of aliphatic hydroxyl groups excluding tert-OH is 2. The molecule has 0 spiro atoms. The van der Waals surface area contributed by atoms with Gasteiger partial charge in [-0.3, -0.25) is 0 Å². The topological polar surface area (TPSA) is 49.7 Å². The van der Waals surface area contributed by atoms with Crippen LogP contribution < -0.4 is 0 Å². The first-order chi connectivity index (χ1) is 7.76. The van der Waals surface area contributed by atoms with Crippen molar-refractivity contribution in [3.8, 4) is 0 Å². The summed E-state index contributed by atoms with van der Waals surface area (Å²) in [6.45, 7) is 0.642. The lowest BCUT2D eigenvalue weighted by Crippen LogP contribution is -2.36. The molecule has 0 atom stereocenters. The number of benzene rings is 1. The van der Waals surface area contributed by atoms with E-state index < -0.39 is 5.41 Å². The molecule has 0 saturated heterocycles. The van der Waals surface area contributed by atoms with Crippen LogP contribution >= 0.6 is 15.9 Å². The Morgan fingerprint density at radius 3 is 2.25 bits per heavy atom. The highest BCUT2D eigenvalue weighted by molar-refractivity contribution is 9.09. The number of rotatable bonds is 7. The van der Waals surface area contributed by atoms with Crippen LogP contribution in [-0.4, -0.2) is 35.4 Å². The largest absolute Gasteiger partial charge is 0.396 e. The molecule has 0 bridgehead atoms. The van der Waals surface area contributed by atoms with Crippen molar-refractivity contribution in [1.29, 1.82) is 0 Å². The molecule has 0 aromatic heterocycles. The first-order valence-electron chi connectivity index (χ1n) is 5.16. The number of hydrogen-bond donors (Lipinski definition) is 2. The zero-order valence-corrected chi connectivity index (χ0v) is 10.7. The summed E-state index contributed by atoms with van der Waals surface area (Å²) in [6, 6.07) is 9.82. The van der Waals surface area contributed by atoms with Crippen molar-refractivity contribution in [3.05, 3.63) is 35.9 Å². The predicted octanol–water partition coefficient (Wildman–Crippen LogP) is 1.57. The van der Waals surface area contributed by atoms with Gasteiger partial charge in [-0.2, -0.15) is 0 Å². The molecule has 3 nitrogen and oxygen atoms in total. The second-order valence-corrected chi connectivity index (χ2v) is 4.49. The van der Waals surface area contributed by atoms with Gasteiger partial charge >= 0.3 is 0 Å². The van der Waals surface area contributed by atoms with E-state index in [9.17, 15) is 10.2 Å². The maximum Gasteiger partial charge on any atom is 0.0717 e. The molecule has 0 fully saturated rings. The normalized spacial score (nSPS) is 11.7. The molecule has 2 N–H and O–H groups in total. The summed E-state index contributed by atoms with van der Waals surface area (Å²) < 4.78 is 5.51. The minimum absolute atomic E-state index is 0.0937. The van der Waals surface area contributed by atoms with Gasteiger partial charge in [0.25, 0.3) is 0 Å². The third-order valence-electron chi connectivity index (χ3n) is 2.47. The summed E-state index contributed by atoms with van der Waals surface area (Å²) in [7, 11) is 0. The van der Waals surface area contributed by atoms with Crippen molar-refractivity contribution in [1.82, 2.24) is 0 Å². The predicted molar refractivity (Wildman–Crippen MR) is 66.5 cm³/mol. The molecule has 90 valence electrons. The lowest BCUT2D eigenvalue weighted by atomic mass is 9.94. The molecule has 1 aromatic carbocycles. The zero-order valence-electron chi connectivity index (χ0n) is 9.10. The molecule has 4 heteroatoms. The van der Waals surface area contributed by atoms with Crippen molar-refractivity contribution < 1.29 is 14.9 Å². The van der Waals surface area contributed by atoms with Crippen molar-refractivity contribution >= 4 is 15.9 Å². The molecule has 1 rings (SSSR count). The van der Waals surface area contributed by atoms with E-state index >= 15 is 0 Å². The fraction of sp³-hybridized carbons (Fsp3) is 0.500. The molecule has 1 aromatic rings. The molecule has 16 heavy (non-hydrogen) atoms. The van der Waals surface area contributed by atoms with Gasteiger partial charge in [-0.1, -0.05) is 46.3 Å². The van der Waals surface area contributed by atoms with Gasteiger partial charge in [0.15, 0.2) is 0 Å². The fourth-order valence-corrected chi connectivity index (χ4v) is 1.74. The Morgan fingerprint density at radius 2 is 1.75 bits per heavy atom. The van der Waals surface area contributed by atoms with Crippen LogP contribution in [0.25, 0.3) is 0 Å². The smallest absolute Gasteiger partial charge is 0.0717 e. The second kappa shape index (κ2) is 7.01. The van der Waals surface area contributed by atoms with E-state index in [1.165, 1.54) is 0 Å². The van der Waals surface area contributed by atoms with Crippen LogP contribution in [0.1, 0.15) is 5.56 Å². The number of alkyl halides is 1. The van der Waals surface area contributed by atoms with E-state index in [1.54, 1.807) is 0 Å². The van der Waals surface area contributed by atoms with Crippen LogP contribution in [0.5, 0.6) is 0 Å². The van der Waals surface area contributed by atoms with Crippen LogP contribution in [0.4, 0.5) is 0 Å². The van der Waals surface area contributed by atoms with E-state index in [1.807, 2.05) is 30.3 Å². The molecule has 0 unspecified atom stereocenters. The summed E-state index contributed by atoms with van der Waals surface area (Å²) >= 11 is 3.28. The van der Waals surface area contributed by atoms with E-state index in [2.05, 4.69) is 15.9 Å². The highest BCUT2D eigenvalue weighted by atomic mass is 79.9. The SMILES string of the molecule is OCC(CO)(CBr)COCc1ccccc1. The van der Waals surface area contributed by atoms with Crippen molar-refractivity contribution in [2.24, 2.45) is 5.41 Å². The molecular formula is C12H17BrO3. The Morgan fingerprint density at radius 1 is 1.12 bits per heavy atom. The van der Waals surface area contributed by atoms with Crippen LogP contribution in [-0.2, 0) is 11.3 Å². The summed E-state index contributed by atoms with van der Waals surface area (Å²) in [4.78, 5) is 0. The Kier molecular flexibility index (Phi) is 5.98. The Bertz CT molecular complexity index is 277. The monoisotopic (exact) mass is 288 g/mol.